The zero-order chi connectivity index (χ0) is 22.9. The van der Waals surface area contributed by atoms with Gasteiger partial charge in [0.1, 0.15) is 0 Å². The molecule has 0 spiro atoms. The number of hydrogen-bond acceptors (Lipinski definition) is 8. The van der Waals surface area contributed by atoms with Crippen molar-refractivity contribution in [3.05, 3.63) is 0 Å². The fourth-order valence-electron chi connectivity index (χ4n) is 2.93. The number of amides is 1. The molecule has 0 saturated carbocycles. The van der Waals surface area contributed by atoms with Crippen LogP contribution >= 0.6 is 7.60 Å². The monoisotopic (exact) mass is 449 g/mol. The van der Waals surface area contributed by atoms with Crippen LogP contribution in [0.5, 0.6) is 0 Å². The molecule has 0 radical (unpaired) electrons. The van der Waals surface area contributed by atoms with Crippen LogP contribution in [0.2, 0.25) is 0 Å². The summed E-state index contributed by atoms with van der Waals surface area (Å²) in [5, 5.41) is 2.60. The highest BCUT2D eigenvalue weighted by atomic mass is 31.2. The minimum atomic E-state index is -3.68. The van der Waals surface area contributed by atoms with Crippen molar-refractivity contribution in [2.24, 2.45) is 17.3 Å². The van der Waals surface area contributed by atoms with Crippen molar-refractivity contribution in [1.82, 2.24) is 5.32 Å². The number of hydrogen-bond donors (Lipinski definition) is 1. The second-order valence-electron chi connectivity index (χ2n) is 8.37. The predicted octanol–water partition coefficient (Wildman–Crippen LogP) is 2.92. The summed E-state index contributed by atoms with van der Waals surface area (Å²) in [7, 11) is -2.42. The average molecular weight is 449 g/mol. The van der Waals surface area contributed by atoms with E-state index in [1.54, 1.807) is 20.8 Å². The summed E-state index contributed by atoms with van der Waals surface area (Å²) >= 11 is 0. The third kappa shape index (κ3) is 8.00. The maximum absolute atomic E-state index is 13.1. The molecule has 1 heterocycles. The molecule has 1 saturated heterocycles. The predicted molar refractivity (Wildman–Crippen MR) is 111 cm³/mol. The lowest BCUT2D eigenvalue weighted by atomic mass is 9.87. The number of ether oxygens (including phenoxy) is 2. The molecule has 1 N–H and O–H groups in total. The van der Waals surface area contributed by atoms with Crippen molar-refractivity contribution < 1.29 is 37.5 Å². The van der Waals surface area contributed by atoms with Crippen LogP contribution in [0, 0.1) is 17.3 Å². The van der Waals surface area contributed by atoms with Gasteiger partial charge < -0.3 is 19.3 Å². The highest BCUT2D eigenvalue weighted by Crippen LogP contribution is 2.57. The van der Waals surface area contributed by atoms with Crippen molar-refractivity contribution >= 4 is 25.4 Å². The molecule has 1 aliphatic rings. The van der Waals surface area contributed by atoms with Crippen LogP contribution < -0.4 is 5.32 Å². The van der Waals surface area contributed by atoms with Crippen LogP contribution in [0.25, 0.3) is 0 Å². The molecule has 3 atom stereocenters. The van der Waals surface area contributed by atoms with Gasteiger partial charge in [0.05, 0.1) is 38.8 Å². The van der Waals surface area contributed by atoms with E-state index < -0.39 is 42.9 Å². The molecule has 174 valence electrons. The molecule has 0 aromatic rings. The first-order chi connectivity index (χ1) is 14.0. The fourth-order valence-corrected chi connectivity index (χ4v) is 5.24. The van der Waals surface area contributed by atoms with E-state index in [2.05, 4.69) is 10.1 Å². The molecule has 1 aliphatic heterocycles. The molecule has 0 aromatic carbocycles. The Hall–Kier alpha value is -1.44. The first-order valence-electron chi connectivity index (χ1n) is 10.4. The first kappa shape index (κ1) is 26.6. The Morgan fingerprint density at radius 3 is 2.43 bits per heavy atom. The normalized spacial score (nSPS) is 24.2. The molecule has 30 heavy (non-hydrogen) atoms. The number of carbonyl (C=O) groups excluding carboxylic acids is 3. The van der Waals surface area contributed by atoms with Gasteiger partial charge in [-0.2, -0.15) is 0 Å². The molecule has 10 heteroatoms. The number of rotatable bonds is 11. The molecule has 1 unspecified atom stereocenters. The molecule has 0 bridgehead atoms. The smallest absolute Gasteiger partial charge is 0.332 e. The molecular formula is C20H36NO8P. The Kier molecular flexibility index (Phi) is 10.5. The van der Waals surface area contributed by atoms with E-state index in [-0.39, 0.29) is 25.7 Å². The lowest BCUT2D eigenvalue weighted by Gasteiger charge is -2.40. The van der Waals surface area contributed by atoms with Gasteiger partial charge in [0.15, 0.2) is 6.10 Å². The number of carbonyl (C=O) groups is 3. The quantitative estimate of drug-likeness (QED) is 0.378. The van der Waals surface area contributed by atoms with Crippen molar-refractivity contribution in [2.45, 2.75) is 60.0 Å². The number of esters is 2. The van der Waals surface area contributed by atoms with Gasteiger partial charge in [0.2, 0.25) is 5.91 Å². The standard InChI is InChI=1S/C20H36NO8P/c1-7-15(8-2)11-27-19(24)14(3)12-30(25)28-13-20(4,5)17(29-30)18(23)21-10-9-16(22)26-6/h14-15,17H,7-13H2,1-6H3,(H,21,23)/t14-,17+,30?/m1/s1. The maximum Gasteiger partial charge on any atom is 0.332 e. The minimum Gasteiger partial charge on any atom is -0.469 e. The summed E-state index contributed by atoms with van der Waals surface area (Å²) in [5.41, 5.74) is -0.734. The van der Waals surface area contributed by atoms with E-state index in [1.807, 2.05) is 13.8 Å². The van der Waals surface area contributed by atoms with Gasteiger partial charge in [0.25, 0.3) is 0 Å². The van der Waals surface area contributed by atoms with E-state index >= 15 is 0 Å². The Labute approximate surface area is 179 Å². The Bertz CT molecular complexity index is 647. The van der Waals surface area contributed by atoms with Crippen molar-refractivity contribution in [3.8, 4) is 0 Å². The van der Waals surface area contributed by atoms with Crippen molar-refractivity contribution in [2.75, 3.05) is 33.0 Å². The molecule has 1 fully saturated rings. The molecule has 1 amide bonds. The van der Waals surface area contributed by atoms with E-state index in [1.165, 1.54) is 7.11 Å². The fraction of sp³-hybridized carbons (Fsp3) is 0.850. The third-order valence-corrected chi connectivity index (χ3v) is 7.27. The summed E-state index contributed by atoms with van der Waals surface area (Å²) < 4.78 is 34.1. The topological polar surface area (TPSA) is 117 Å². The van der Waals surface area contributed by atoms with Gasteiger partial charge in [-0.25, -0.2) is 0 Å². The van der Waals surface area contributed by atoms with Gasteiger partial charge in [-0.15, -0.1) is 0 Å². The molecule has 9 nitrogen and oxygen atoms in total. The van der Waals surface area contributed by atoms with Gasteiger partial charge in [-0.05, 0) is 5.92 Å². The van der Waals surface area contributed by atoms with Crippen LogP contribution in [-0.4, -0.2) is 57.0 Å². The summed E-state index contributed by atoms with van der Waals surface area (Å²) in [6, 6.07) is 0. The zero-order valence-corrected chi connectivity index (χ0v) is 19.8. The van der Waals surface area contributed by atoms with Gasteiger partial charge >= 0.3 is 19.5 Å². The van der Waals surface area contributed by atoms with Gasteiger partial charge in [0, 0.05) is 12.0 Å². The van der Waals surface area contributed by atoms with Crippen molar-refractivity contribution in [3.63, 3.8) is 0 Å². The van der Waals surface area contributed by atoms with Crippen LogP contribution in [0.3, 0.4) is 0 Å². The molecule has 1 rings (SSSR count). The van der Waals surface area contributed by atoms with Gasteiger partial charge in [-0.3, -0.25) is 23.5 Å². The third-order valence-electron chi connectivity index (χ3n) is 5.22. The first-order valence-corrected chi connectivity index (χ1v) is 12.1. The summed E-state index contributed by atoms with van der Waals surface area (Å²) in [5.74, 6) is -1.81. The summed E-state index contributed by atoms with van der Waals surface area (Å²) in [6.45, 7) is 9.62. The SMILES string of the molecule is CCC(CC)COC(=O)[C@H](C)CP1(=O)OCC(C)(C)[C@H](C(=O)NCCC(=O)OC)O1. The van der Waals surface area contributed by atoms with Gasteiger partial charge in [-0.1, -0.05) is 47.5 Å². The molecule has 0 aromatic heterocycles. The zero-order valence-electron chi connectivity index (χ0n) is 18.9. The van der Waals surface area contributed by atoms with Crippen LogP contribution in [0.4, 0.5) is 0 Å². The largest absolute Gasteiger partial charge is 0.469 e. The lowest BCUT2D eigenvalue weighted by Crippen LogP contribution is -2.50. The van der Waals surface area contributed by atoms with E-state index in [0.717, 1.165) is 12.8 Å². The highest BCUT2D eigenvalue weighted by Gasteiger charge is 2.48. The summed E-state index contributed by atoms with van der Waals surface area (Å²) in [4.78, 5) is 36.1. The van der Waals surface area contributed by atoms with Crippen LogP contribution in [-0.2, 0) is 37.5 Å². The maximum atomic E-state index is 13.1. The number of methoxy groups -OCH3 is 1. The Balaban J connectivity index is 2.70. The second kappa shape index (κ2) is 11.8. The highest BCUT2D eigenvalue weighted by molar-refractivity contribution is 7.54. The Morgan fingerprint density at radius 1 is 1.23 bits per heavy atom. The average Bonchev–Trinajstić information content (AvgIpc) is 2.70. The van der Waals surface area contributed by atoms with E-state index in [0.29, 0.717) is 12.5 Å². The second-order valence-corrected chi connectivity index (χ2v) is 10.4. The van der Waals surface area contributed by atoms with E-state index in [4.69, 9.17) is 13.8 Å². The lowest BCUT2D eigenvalue weighted by molar-refractivity contribution is -0.149. The van der Waals surface area contributed by atoms with Crippen LogP contribution in [0.15, 0.2) is 0 Å². The Morgan fingerprint density at radius 2 is 1.87 bits per heavy atom. The minimum absolute atomic E-state index is 0.0168. The molecule has 0 aliphatic carbocycles. The summed E-state index contributed by atoms with van der Waals surface area (Å²) in [6.07, 6.45) is 0.623. The van der Waals surface area contributed by atoms with Crippen molar-refractivity contribution in [1.29, 1.82) is 0 Å². The molecular weight excluding hydrogens is 413 g/mol. The van der Waals surface area contributed by atoms with Crippen LogP contribution in [0.1, 0.15) is 53.9 Å². The number of nitrogens with one attached hydrogen (secondary N) is 1. The van der Waals surface area contributed by atoms with E-state index in [9.17, 15) is 18.9 Å².